The van der Waals surface area contributed by atoms with E-state index in [1.807, 2.05) is 0 Å². The Morgan fingerprint density at radius 3 is 2.54 bits per heavy atom. The Bertz CT molecular complexity index is 111. The molecule has 1 atom stereocenters. The second-order valence-corrected chi connectivity index (χ2v) is 3.76. The van der Waals surface area contributed by atoms with Gasteiger partial charge in [0.15, 0.2) is 0 Å². The predicted molar refractivity (Wildman–Crippen MR) is 58.5 cm³/mol. The van der Waals surface area contributed by atoms with Crippen LogP contribution < -0.4 is 0 Å². The van der Waals surface area contributed by atoms with Crippen LogP contribution in [0.1, 0.15) is 26.7 Å². The largest absolute Gasteiger partial charge is 0.383 e. The van der Waals surface area contributed by atoms with Gasteiger partial charge in [0.2, 0.25) is 0 Å². The van der Waals surface area contributed by atoms with E-state index < -0.39 is 0 Å². The third-order valence-corrected chi connectivity index (χ3v) is 2.37. The van der Waals surface area contributed by atoms with Crippen molar-refractivity contribution in [2.75, 3.05) is 32.7 Å². The number of alkyl halides is 1. The number of nitrogens with zero attached hydrogens (tertiary/aromatic N) is 1. The molecule has 0 amide bonds. The molecule has 0 aromatic carbocycles. The van der Waals surface area contributed by atoms with Crippen molar-refractivity contribution in [1.29, 1.82) is 0 Å². The molecule has 0 N–H and O–H groups in total. The van der Waals surface area contributed by atoms with E-state index in [9.17, 15) is 0 Å². The molecule has 3 heteroatoms. The quantitative estimate of drug-likeness (QED) is 0.567. The second kappa shape index (κ2) is 8.79. The van der Waals surface area contributed by atoms with Crippen molar-refractivity contribution in [3.05, 3.63) is 0 Å². The molecule has 2 nitrogen and oxygen atoms in total. The highest BCUT2D eigenvalue weighted by molar-refractivity contribution is 6.18. The molecular weight excluding hydrogens is 186 g/mol. The average molecular weight is 208 g/mol. The van der Waals surface area contributed by atoms with Crippen molar-refractivity contribution in [1.82, 2.24) is 4.90 Å². The van der Waals surface area contributed by atoms with Crippen molar-refractivity contribution in [3.63, 3.8) is 0 Å². The van der Waals surface area contributed by atoms with Gasteiger partial charge in [-0.1, -0.05) is 13.3 Å². The summed E-state index contributed by atoms with van der Waals surface area (Å²) in [5, 5.41) is 0. The third-order valence-electron chi connectivity index (χ3n) is 2.20. The van der Waals surface area contributed by atoms with Gasteiger partial charge in [0.25, 0.3) is 0 Å². The maximum Gasteiger partial charge on any atom is 0.0615 e. The lowest BCUT2D eigenvalue weighted by Gasteiger charge is -2.27. The summed E-state index contributed by atoms with van der Waals surface area (Å²) in [5.74, 6) is 0.706. The molecule has 0 aromatic rings. The number of halogens is 1. The molecule has 0 aliphatic carbocycles. The molecule has 0 aliphatic heterocycles. The Morgan fingerprint density at radius 2 is 2.08 bits per heavy atom. The van der Waals surface area contributed by atoms with Crippen LogP contribution in [0.4, 0.5) is 0 Å². The number of hydrogen-bond acceptors (Lipinski definition) is 2. The zero-order chi connectivity index (χ0) is 10.1. The van der Waals surface area contributed by atoms with Crippen LogP contribution in [0.3, 0.4) is 0 Å². The summed E-state index contributed by atoms with van der Waals surface area (Å²) in [7, 11) is 1.75. The molecule has 13 heavy (non-hydrogen) atoms. The van der Waals surface area contributed by atoms with Crippen molar-refractivity contribution in [2.45, 2.75) is 32.7 Å². The van der Waals surface area contributed by atoms with Crippen LogP contribution in [0.5, 0.6) is 0 Å². The fourth-order valence-corrected chi connectivity index (χ4v) is 1.59. The van der Waals surface area contributed by atoms with Crippen molar-refractivity contribution < 1.29 is 4.74 Å². The monoisotopic (exact) mass is 207 g/mol. The van der Waals surface area contributed by atoms with E-state index in [0.717, 1.165) is 19.7 Å². The minimum atomic E-state index is 0.482. The van der Waals surface area contributed by atoms with Crippen LogP contribution in [-0.4, -0.2) is 43.6 Å². The number of rotatable bonds is 8. The van der Waals surface area contributed by atoms with Gasteiger partial charge in [-0.2, -0.15) is 0 Å². The summed E-state index contributed by atoms with van der Waals surface area (Å²) in [6, 6.07) is 0.482. The Hall–Kier alpha value is 0.210. The van der Waals surface area contributed by atoms with Crippen molar-refractivity contribution >= 4 is 11.6 Å². The number of unbranched alkanes of at least 4 members (excludes halogenated alkanes) is 1. The van der Waals surface area contributed by atoms with E-state index in [1.165, 1.54) is 12.8 Å². The van der Waals surface area contributed by atoms with Gasteiger partial charge < -0.3 is 4.74 Å². The summed E-state index contributed by atoms with van der Waals surface area (Å²) >= 11 is 5.74. The third kappa shape index (κ3) is 6.30. The van der Waals surface area contributed by atoms with Gasteiger partial charge in [-0.25, -0.2) is 0 Å². The summed E-state index contributed by atoms with van der Waals surface area (Å²) in [6.45, 7) is 7.28. The predicted octanol–water partition coefficient (Wildman–Crippen LogP) is 2.36. The molecular formula is C10H22ClNO. The van der Waals surface area contributed by atoms with E-state index in [4.69, 9.17) is 16.3 Å². The lowest BCUT2D eigenvalue weighted by Crippen LogP contribution is -2.38. The summed E-state index contributed by atoms with van der Waals surface area (Å²) in [4.78, 5) is 2.39. The number of hydrogen-bond donors (Lipinski definition) is 0. The first-order chi connectivity index (χ1) is 6.26. The lowest BCUT2D eigenvalue weighted by atomic mass is 10.2. The zero-order valence-electron chi connectivity index (χ0n) is 9.05. The smallest absolute Gasteiger partial charge is 0.0615 e. The fraction of sp³-hybridized carbons (Fsp3) is 1.00. The van der Waals surface area contributed by atoms with Gasteiger partial charge in [0.05, 0.1) is 6.61 Å². The molecule has 0 saturated carbocycles. The molecule has 0 saturated heterocycles. The first-order valence-corrected chi connectivity index (χ1v) is 5.58. The van der Waals surface area contributed by atoms with Crippen LogP contribution in [0.25, 0.3) is 0 Å². The van der Waals surface area contributed by atoms with Gasteiger partial charge in [0.1, 0.15) is 0 Å². The first-order valence-electron chi connectivity index (χ1n) is 5.05. The van der Waals surface area contributed by atoms with Gasteiger partial charge in [0, 0.05) is 25.6 Å². The van der Waals surface area contributed by atoms with Crippen LogP contribution in [0.15, 0.2) is 0 Å². The molecule has 1 unspecified atom stereocenters. The molecule has 0 heterocycles. The molecule has 0 radical (unpaired) electrons. The molecule has 0 aliphatic rings. The van der Waals surface area contributed by atoms with Crippen molar-refractivity contribution in [2.24, 2.45) is 0 Å². The standard InChI is InChI=1S/C10H22ClNO/c1-4-5-7-12(8-6-11)10(2)9-13-3/h10H,4-9H2,1-3H3. The van der Waals surface area contributed by atoms with Crippen LogP contribution in [-0.2, 0) is 4.74 Å². The molecule has 0 bridgehead atoms. The Kier molecular flexibility index (Phi) is 8.93. The normalized spacial score (nSPS) is 13.6. The SMILES string of the molecule is CCCCN(CCCl)C(C)COC. The highest BCUT2D eigenvalue weighted by Crippen LogP contribution is 2.03. The van der Waals surface area contributed by atoms with Gasteiger partial charge in [-0.05, 0) is 19.9 Å². The maximum atomic E-state index is 5.74. The number of ether oxygens (including phenoxy) is 1. The lowest BCUT2D eigenvalue weighted by molar-refractivity contribution is 0.102. The summed E-state index contributed by atoms with van der Waals surface area (Å²) in [6.07, 6.45) is 2.48. The summed E-state index contributed by atoms with van der Waals surface area (Å²) < 4.78 is 5.13. The van der Waals surface area contributed by atoms with E-state index in [0.29, 0.717) is 11.9 Å². The Balaban J connectivity index is 3.75. The van der Waals surface area contributed by atoms with Gasteiger partial charge in [-0.3, -0.25) is 4.90 Å². The topological polar surface area (TPSA) is 12.5 Å². The van der Waals surface area contributed by atoms with Gasteiger partial charge in [-0.15, -0.1) is 11.6 Å². The minimum Gasteiger partial charge on any atom is -0.383 e. The maximum absolute atomic E-state index is 5.74. The molecule has 0 spiro atoms. The molecule has 0 aromatic heterocycles. The molecule has 0 fully saturated rings. The first kappa shape index (κ1) is 13.2. The van der Waals surface area contributed by atoms with E-state index >= 15 is 0 Å². The molecule has 80 valence electrons. The zero-order valence-corrected chi connectivity index (χ0v) is 9.81. The average Bonchev–Trinajstić information content (AvgIpc) is 2.12. The molecule has 0 rings (SSSR count). The number of methoxy groups -OCH3 is 1. The minimum absolute atomic E-state index is 0.482. The van der Waals surface area contributed by atoms with E-state index in [2.05, 4.69) is 18.7 Å². The second-order valence-electron chi connectivity index (χ2n) is 3.38. The van der Waals surface area contributed by atoms with Gasteiger partial charge >= 0.3 is 0 Å². The van der Waals surface area contributed by atoms with E-state index in [1.54, 1.807) is 7.11 Å². The Labute approximate surface area is 87.2 Å². The highest BCUT2D eigenvalue weighted by atomic mass is 35.5. The van der Waals surface area contributed by atoms with E-state index in [-0.39, 0.29) is 0 Å². The van der Waals surface area contributed by atoms with Crippen LogP contribution in [0.2, 0.25) is 0 Å². The summed E-state index contributed by atoms with van der Waals surface area (Å²) in [5.41, 5.74) is 0. The van der Waals surface area contributed by atoms with Crippen molar-refractivity contribution in [3.8, 4) is 0 Å². The van der Waals surface area contributed by atoms with Crippen LogP contribution >= 0.6 is 11.6 Å². The Morgan fingerprint density at radius 1 is 1.38 bits per heavy atom. The van der Waals surface area contributed by atoms with Crippen LogP contribution in [0, 0.1) is 0 Å². The highest BCUT2D eigenvalue weighted by Gasteiger charge is 2.11. The fourth-order valence-electron chi connectivity index (χ4n) is 1.37.